The van der Waals surface area contributed by atoms with Crippen molar-refractivity contribution in [3.63, 3.8) is 0 Å². The van der Waals surface area contributed by atoms with Crippen LogP contribution in [0.25, 0.3) is 0 Å². The molecular formula is C11H9BrSSe. The molecule has 2 rings (SSSR count). The Hall–Kier alpha value is -0.0805. The van der Waals surface area contributed by atoms with Gasteiger partial charge in [0.2, 0.25) is 0 Å². The van der Waals surface area contributed by atoms with Gasteiger partial charge in [-0.1, -0.05) is 0 Å². The summed E-state index contributed by atoms with van der Waals surface area (Å²) in [5.41, 5.74) is 1.38. The number of halogens is 1. The molecule has 0 N–H and O–H groups in total. The van der Waals surface area contributed by atoms with Gasteiger partial charge >= 0.3 is 103 Å². The van der Waals surface area contributed by atoms with Crippen LogP contribution in [-0.4, -0.2) is 15.0 Å². The fourth-order valence-electron chi connectivity index (χ4n) is 1.16. The van der Waals surface area contributed by atoms with Gasteiger partial charge in [-0.2, -0.15) is 0 Å². The molecule has 0 aliphatic carbocycles. The average molecular weight is 332 g/mol. The van der Waals surface area contributed by atoms with Gasteiger partial charge < -0.3 is 0 Å². The van der Waals surface area contributed by atoms with Crippen LogP contribution in [0.4, 0.5) is 0 Å². The molecule has 0 spiro atoms. The molecule has 0 radical (unpaired) electrons. The Morgan fingerprint density at radius 2 is 2.14 bits per heavy atom. The Kier molecular flexibility index (Phi) is 3.45. The summed E-state index contributed by atoms with van der Waals surface area (Å²) in [5.74, 6) is 0. The SMILES string of the molecule is Cc1cc(Br)ccc1[Se]c1ccsc1. The zero-order valence-electron chi connectivity index (χ0n) is 7.66. The third-order valence-electron chi connectivity index (χ3n) is 1.86. The summed E-state index contributed by atoms with van der Waals surface area (Å²) in [6, 6.07) is 8.74. The molecule has 0 unspecified atom stereocenters. The third kappa shape index (κ3) is 2.48. The van der Waals surface area contributed by atoms with E-state index in [0.29, 0.717) is 15.0 Å². The first-order chi connectivity index (χ1) is 6.75. The number of aryl methyl sites for hydroxylation is 1. The Bertz CT molecular complexity index is 423. The second-order valence-corrected chi connectivity index (χ2v) is 7.01. The van der Waals surface area contributed by atoms with Gasteiger partial charge in [-0.3, -0.25) is 0 Å². The molecule has 0 atom stereocenters. The monoisotopic (exact) mass is 332 g/mol. The van der Waals surface area contributed by atoms with Crippen molar-refractivity contribution in [2.45, 2.75) is 6.92 Å². The van der Waals surface area contributed by atoms with E-state index >= 15 is 0 Å². The quantitative estimate of drug-likeness (QED) is 0.742. The van der Waals surface area contributed by atoms with Crippen molar-refractivity contribution < 1.29 is 0 Å². The van der Waals surface area contributed by atoms with Crippen LogP contribution in [0.5, 0.6) is 0 Å². The zero-order valence-corrected chi connectivity index (χ0v) is 11.8. The van der Waals surface area contributed by atoms with E-state index in [9.17, 15) is 0 Å². The molecule has 1 aromatic heterocycles. The number of hydrogen-bond donors (Lipinski definition) is 0. The van der Waals surface area contributed by atoms with E-state index in [0.717, 1.165) is 0 Å². The van der Waals surface area contributed by atoms with Crippen LogP contribution in [0.2, 0.25) is 0 Å². The van der Waals surface area contributed by atoms with Gasteiger partial charge in [0.15, 0.2) is 0 Å². The van der Waals surface area contributed by atoms with Crippen molar-refractivity contribution >= 4 is 51.1 Å². The summed E-state index contributed by atoms with van der Waals surface area (Å²) in [5, 5.41) is 4.38. The van der Waals surface area contributed by atoms with Crippen molar-refractivity contribution in [2.75, 3.05) is 0 Å². The molecule has 3 heteroatoms. The van der Waals surface area contributed by atoms with E-state index < -0.39 is 0 Å². The van der Waals surface area contributed by atoms with E-state index in [-0.39, 0.29) is 0 Å². The third-order valence-corrected chi connectivity index (χ3v) is 5.82. The van der Waals surface area contributed by atoms with Gasteiger partial charge in [-0.05, 0) is 0 Å². The molecule has 0 saturated heterocycles. The summed E-state index contributed by atoms with van der Waals surface area (Å²) in [6.07, 6.45) is 0. The van der Waals surface area contributed by atoms with Crippen LogP contribution in [0.3, 0.4) is 0 Å². The standard InChI is InChI=1S/C11H9BrSSe/c1-8-6-9(12)2-3-11(8)14-10-4-5-13-7-10/h2-7H,1H3. The van der Waals surface area contributed by atoms with Gasteiger partial charge in [0, 0.05) is 0 Å². The molecule has 14 heavy (non-hydrogen) atoms. The minimum atomic E-state index is 0.463. The van der Waals surface area contributed by atoms with Gasteiger partial charge in [0.25, 0.3) is 0 Å². The Balaban J connectivity index is 2.25. The fraction of sp³-hybridized carbons (Fsp3) is 0.0909. The second-order valence-electron chi connectivity index (χ2n) is 2.97. The molecule has 1 aromatic carbocycles. The Labute approximate surface area is 103 Å². The van der Waals surface area contributed by atoms with E-state index in [1.807, 2.05) is 0 Å². The zero-order chi connectivity index (χ0) is 9.97. The van der Waals surface area contributed by atoms with Gasteiger partial charge in [-0.15, -0.1) is 0 Å². The molecule has 72 valence electrons. The van der Waals surface area contributed by atoms with Crippen molar-refractivity contribution in [2.24, 2.45) is 0 Å². The van der Waals surface area contributed by atoms with Crippen LogP contribution in [0.15, 0.2) is 39.5 Å². The molecule has 0 aliphatic rings. The predicted molar refractivity (Wildman–Crippen MR) is 68.2 cm³/mol. The average Bonchev–Trinajstić information content (AvgIpc) is 2.62. The molecule has 0 saturated carbocycles. The van der Waals surface area contributed by atoms with Gasteiger partial charge in [0.1, 0.15) is 0 Å². The number of thiophene rings is 1. The topological polar surface area (TPSA) is 0 Å². The summed E-state index contributed by atoms with van der Waals surface area (Å²) >= 11 is 5.72. The first kappa shape index (κ1) is 10.4. The first-order valence-electron chi connectivity index (χ1n) is 4.22. The number of benzene rings is 1. The summed E-state index contributed by atoms with van der Waals surface area (Å²) < 4.78 is 4.10. The molecule has 1 heterocycles. The Morgan fingerprint density at radius 1 is 1.29 bits per heavy atom. The van der Waals surface area contributed by atoms with Gasteiger partial charge in [-0.25, -0.2) is 0 Å². The molecule has 0 fully saturated rings. The van der Waals surface area contributed by atoms with Crippen molar-refractivity contribution in [1.29, 1.82) is 0 Å². The predicted octanol–water partition coefficient (Wildman–Crippen LogP) is 2.47. The van der Waals surface area contributed by atoms with Crippen LogP contribution < -0.4 is 8.92 Å². The van der Waals surface area contributed by atoms with Gasteiger partial charge in [0.05, 0.1) is 0 Å². The van der Waals surface area contributed by atoms with Crippen LogP contribution in [0, 0.1) is 6.92 Å². The summed E-state index contributed by atoms with van der Waals surface area (Å²) in [6.45, 7) is 2.17. The number of hydrogen-bond acceptors (Lipinski definition) is 1. The number of rotatable bonds is 2. The molecule has 0 amide bonds. The maximum atomic E-state index is 3.48. The maximum absolute atomic E-state index is 3.48. The van der Waals surface area contributed by atoms with Crippen LogP contribution >= 0.6 is 27.3 Å². The van der Waals surface area contributed by atoms with E-state index in [2.05, 4.69) is 57.9 Å². The van der Waals surface area contributed by atoms with Crippen molar-refractivity contribution in [1.82, 2.24) is 0 Å². The Morgan fingerprint density at radius 3 is 2.79 bits per heavy atom. The van der Waals surface area contributed by atoms with Crippen LogP contribution in [0.1, 0.15) is 5.56 Å². The first-order valence-corrected chi connectivity index (χ1v) is 7.67. The van der Waals surface area contributed by atoms with E-state index in [4.69, 9.17) is 0 Å². The molecule has 2 aromatic rings. The second kappa shape index (κ2) is 4.63. The van der Waals surface area contributed by atoms with Crippen molar-refractivity contribution in [3.8, 4) is 0 Å². The molecule has 0 aliphatic heterocycles. The van der Waals surface area contributed by atoms with E-state index in [1.165, 1.54) is 19.0 Å². The van der Waals surface area contributed by atoms with Crippen LogP contribution in [-0.2, 0) is 0 Å². The summed E-state index contributed by atoms with van der Waals surface area (Å²) in [7, 11) is 0. The fourth-order valence-corrected chi connectivity index (χ4v) is 4.62. The van der Waals surface area contributed by atoms with E-state index in [1.54, 1.807) is 11.3 Å². The minimum absolute atomic E-state index is 0.463. The normalized spacial score (nSPS) is 10.4. The van der Waals surface area contributed by atoms with Crippen molar-refractivity contribution in [3.05, 3.63) is 45.1 Å². The molecule has 0 nitrogen and oxygen atoms in total. The molecular weight excluding hydrogens is 323 g/mol. The molecule has 0 bridgehead atoms. The summed E-state index contributed by atoms with van der Waals surface area (Å²) in [4.78, 5) is 0.